The average Bonchev–Trinajstić information content (AvgIpc) is 2.18. The summed E-state index contributed by atoms with van der Waals surface area (Å²) in [6, 6.07) is 0. The van der Waals surface area contributed by atoms with Crippen LogP contribution in [0.5, 0.6) is 0 Å². The van der Waals surface area contributed by atoms with Gasteiger partial charge >= 0.3 is 11.9 Å². The fourth-order valence-corrected chi connectivity index (χ4v) is 1.89. The van der Waals surface area contributed by atoms with Gasteiger partial charge in [0.1, 0.15) is 0 Å². The Bertz CT molecular complexity index is 224. The van der Waals surface area contributed by atoms with Gasteiger partial charge < -0.3 is 9.84 Å². The van der Waals surface area contributed by atoms with E-state index in [1.807, 2.05) is 0 Å². The number of ether oxygens (including phenoxy) is 1. The van der Waals surface area contributed by atoms with Gasteiger partial charge in [0.15, 0.2) is 0 Å². The largest absolute Gasteiger partial charge is 0.481 e. The zero-order valence-electron chi connectivity index (χ0n) is 8.36. The van der Waals surface area contributed by atoms with E-state index in [0.29, 0.717) is 19.4 Å². The van der Waals surface area contributed by atoms with E-state index in [2.05, 4.69) is 0 Å². The van der Waals surface area contributed by atoms with Crippen LogP contribution >= 0.6 is 0 Å². The van der Waals surface area contributed by atoms with E-state index >= 15 is 0 Å². The third kappa shape index (κ3) is 2.72. The van der Waals surface area contributed by atoms with Gasteiger partial charge in [0.2, 0.25) is 0 Å². The predicted octanol–water partition coefficient (Wildman–Crippen LogP) is 1.44. The Hall–Kier alpha value is -1.06. The van der Waals surface area contributed by atoms with Crippen LogP contribution in [0, 0.1) is 11.8 Å². The summed E-state index contributed by atoms with van der Waals surface area (Å²) < 4.78 is 4.88. The Morgan fingerprint density at radius 2 is 2.00 bits per heavy atom. The number of esters is 1. The molecule has 0 amide bonds. The van der Waals surface area contributed by atoms with Crippen LogP contribution in [-0.4, -0.2) is 23.7 Å². The molecule has 0 saturated heterocycles. The van der Waals surface area contributed by atoms with Crippen molar-refractivity contribution in [2.24, 2.45) is 11.8 Å². The van der Waals surface area contributed by atoms with E-state index in [9.17, 15) is 9.59 Å². The van der Waals surface area contributed by atoms with Crippen LogP contribution in [-0.2, 0) is 14.3 Å². The SMILES string of the molecule is CCOC(=O)[C@H]1CCC[C@@H](C(=O)O)C1. The molecule has 0 aromatic heterocycles. The first-order valence-corrected chi connectivity index (χ1v) is 5.04. The van der Waals surface area contributed by atoms with Gasteiger partial charge in [0, 0.05) is 0 Å². The van der Waals surface area contributed by atoms with Crippen LogP contribution in [0.3, 0.4) is 0 Å². The molecule has 80 valence electrons. The standard InChI is InChI=1S/C10H16O4/c1-2-14-10(13)8-5-3-4-7(6-8)9(11)12/h7-8H,2-6H2,1H3,(H,11,12)/t7-,8+/m1/s1. The summed E-state index contributed by atoms with van der Waals surface area (Å²) in [6.45, 7) is 2.13. The molecule has 0 radical (unpaired) electrons. The van der Waals surface area contributed by atoms with E-state index in [4.69, 9.17) is 9.84 Å². The van der Waals surface area contributed by atoms with E-state index < -0.39 is 5.97 Å². The molecule has 2 atom stereocenters. The van der Waals surface area contributed by atoms with Crippen molar-refractivity contribution in [3.63, 3.8) is 0 Å². The normalized spacial score (nSPS) is 26.9. The molecule has 14 heavy (non-hydrogen) atoms. The van der Waals surface area contributed by atoms with Gasteiger partial charge in [0.25, 0.3) is 0 Å². The van der Waals surface area contributed by atoms with Crippen molar-refractivity contribution in [3.8, 4) is 0 Å². The quantitative estimate of drug-likeness (QED) is 0.700. The van der Waals surface area contributed by atoms with Crippen LogP contribution in [0.25, 0.3) is 0 Å². The zero-order valence-corrected chi connectivity index (χ0v) is 8.36. The number of carboxylic acid groups (broad SMARTS) is 1. The van der Waals surface area contributed by atoms with Crippen molar-refractivity contribution in [2.45, 2.75) is 32.6 Å². The fourth-order valence-electron chi connectivity index (χ4n) is 1.89. The molecule has 1 saturated carbocycles. The van der Waals surface area contributed by atoms with Crippen LogP contribution in [0.2, 0.25) is 0 Å². The lowest BCUT2D eigenvalue weighted by atomic mass is 9.81. The maximum Gasteiger partial charge on any atom is 0.308 e. The molecule has 1 rings (SSSR count). The molecule has 0 aromatic carbocycles. The second-order valence-electron chi connectivity index (χ2n) is 3.65. The monoisotopic (exact) mass is 200 g/mol. The van der Waals surface area contributed by atoms with Crippen molar-refractivity contribution >= 4 is 11.9 Å². The van der Waals surface area contributed by atoms with Gasteiger partial charge in [-0.05, 0) is 26.2 Å². The molecule has 4 nitrogen and oxygen atoms in total. The minimum absolute atomic E-state index is 0.204. The molecule has 1 fully saturated rings. The first kappa shape index (κ1) is 11.0. The lowest BCUT2D eigenvalue weighted by Gasteiger charge is -2.24. The number of hydrogen-bond acceptors (Lipinski definition) is 3. The van der Waals surface area contributed by atoms with Crippen LogP contribution in [0.15, 0.2) is 0 Å². The summed E-state index contributed by atoms with van der Waals surface area (Å²) in [7, 11) is 0. The highest BCUT2D eigenvalue weighted by Gasteiger charge is 2.31. The molecule has 1 aliphatic carbocycles. The Balaban J connectivity index is 2.47. The van der Waals surface area contributed by atoms with Gasteiger partial charge in [-0.25, -0.2) is 0 Å². The van der Waals surface area contributed by atoms with Gasteiger partial charge in [0.05, 0.1) is 18.4 Å². The van der Waals surface area contributed by atoms with Gasteiger partial charge in [-0.15, -0.1) is 0 Å². The number of carbonyl (C=O) groups is 2. The number of rotatable bonds is 3. The zero-order chi connectivity index (χ0) is 10.6. The third-order valence-corrected chi connectivity index (χ3v) is 2.64. The van der Waals surface area contributed by atoms with E-state index in [1.54, 1.807) is 6.92 Å². The number of carboxylic acids is 1. The fraction of sp³-hybridized carbons (Fsp3) is 0.800. The highest BCUT2D eigenvalue weighted by atomic mass is 16.5. The summed E-state index contributed by atoms with van der Waals surface area (Å²) in [5, 5.41) is 8.82. The van der Waals surface area contributed by atoms with Gasteiger partial charge in [-0.1, -0.05) is 6.42 Å². The second-order valence-corrected chi connectivity index (χ2v) is 3.65. The molecular formula is C10H16O4. The van der Waals surface area contributed by atoms with Gasteiger partial charge in [-0.3, -0.25) is 9.59 Å². The second kappa shape index (κ2) is 4.98. The van der Waals surface area contributed by atoms with Crippen molar-refractivity contribution in [1.82, 2.24) is 0 Å². The summed E-state index contributed by atoms with van der Waals surface area (Å²) in [5.74, 6) is -1.60. The van der Waals surface area contributed by atoms with E-state index in [0.717, 1.165) is 12.8 Å². The Morgan fingerprint density at radius 1 is 1.36 bits per heavy atom. The van der Waals surface area contributed by atoms with Crippen LogP contribution < -0.4 is 0 Å². The van der Waals surface area contributed by atoms with Crippen LogP contribution in [0.4, 0.5) is 0 Å². The summed E-state index contributed by atoms with van der Waals surface area (Å²) >= 11 is 0. The third-order valence-electron chi connectivity index (χ3n) is 2.64. The summed E-state index contributed by atoms with van der Waals surface area (Å²) in [5.41, 5.74) is 0. The topological polar surface area (TPSA) is 63.6 Å². The molecule has 1 aliphatic rings. The highest BCUT2D eigenvalue weighted by molar-refractivity contribution is 5.75. The number of carbonyl (C=O) groups excluding carboxylic acids is 1. The Kier molecular flexibility index (Phi) is 3.92. The molecule has 0 aromatic rings. The molecule has 1 N–H and O–H groups in total. The Morgan fingerprint density at radius 3 is 2.57 bits per heavy atom. The van der Waals surface area contributed by atoms with Crippen molar-refractivity contribution in [1.29, 1.82) is 0 Å². The number of hydrogen-bond donors (Lipinski definition) is 1. The minimum Gasteiger partial charge on any atom is -0.481 e. The molecule has 0 bridgehead atoms. The maximum absolute atomic E-state index is 11.4. The van der Waals surface area contributed by atoms with Gasteiger partial charge in [-0.2, -0.15) is 0 Å². The average molecular weight is 200 g/mol. The maximum atomic E-state index is 11.4. The molecule has 4 heteroatoms. The lowest BCUT2D eigenvalue weighted by Crippen LogP contribution is -2.28. The van der Waals surface area contributed by atoms with Crippen LogP contribution in [0.1, 0.15) is 32.6 Å². The smallest absolute Gasteiger partial charge is 0.308 e. The van der Waals surface area contributed by atoms with Crippen molar-refractivity contribution < 1.29 is 19.4 Å². The predicted molar refractivity (Wildman–Crippen MR) is 49.7 cm³/mol. The van der Waals surface area contributed by atoms with E-state index in [1.165, 1.54) is 0 Å². The molecule has 0 heterocycles. The lowest BCUT2D eigenvalue weighted by molar-refractivity contribution is -0.152. The molecule has 0 unspecified atom stereocenters. The molecule has 0 spiro atoms. The summed E-state index contributed by atoms with van der Waals surface area (Å²) in [6.07, 6.45) is 2.70. The minimum atomic E-state index is -0.793. The molecule has 0 aliphatic heterocycles. The van der Waals surface area contributed by atoms with E-state index in [-0.39, 0.29) is 17.8 Å². The molecular weight excluding hydrogens is 184 g/mol. The number of aliphatic carboxylic acids is 1. The first-order valence-electron chi connectivity index (χ1n) is 5.04. The van der Waals surface area contributed by atoms with Crippen molar-refractivity contribution in [2.75, 3.05) is 6.61 Å². The highest BCUT2D eigenvalue weighted by Crippen LogP contribution is 2.29. The first-order chi connectivity index (χ1) is 6.65. The van der Waals surface area contributed by atoms with Crippen molar-refractivity contribution in [3.05, 3.63) is 0 Å². The Labute approximate surface area is 83.2 Å². The summed E-state index contributed by atoms with van der Waals surface area (Å²) in [4.78, 5) is 22.1.